The summed E-state index contributed by atoms with van der Waals surface area (Å²) >= 11 is 0. The van der Waals surface area contributed by atoms with Crippen molar-refractivity contribution in [2.24, 2.45) is 0 Å². The van der Waals surface area contributed by atoms with Crippen LogP contribution in [0.15, 0.2) is 48.5 Å². The van der Waals surface area contributed by atoms with Crippen molar-refractivity contribution < 1.29 is 19.0 Å². The minimum Gasteiger partial charge on any atom is -0.497 e. The summed E-state index contributed by atoms with van der Waals surface area (Å²) in [5, 5.41) is 2.87. The molecule has 0 radical (unpaired) electrons. The summed E-state index contributed by atoms with van der Waals surface area (Å²) in [5.74, 6) is 1.96. The number of ether oxygens (including phenoxy) is 3. The molecule has 1 atom stereocenters. The van der Waals surface area contributed by atoms with E-state index in [1.54, 1.807) is 38.3 Å². The maximum atomic E-state index is 12.2. The zero-order chi connectivity index (χ0) is 17.4. The van der Waals surface area contributed by atoms with Crippen LogP contribution in [0.1, 0.15) is 19.4 Å². The molecule has 0 aliphatic rings. The van der Waals surface area contributed by atoms with Gasteiger partial charge in [-0.15, -0.1) is 0 Å². The molecule has 2 aromatic rings. The summed E-state index contributed by atoms with van der Waals surface area (Å²) in [5.41, 5.74) is 0.935. The van der Waals surface area contributed by atoms with Gasteiger partial charge in [-0.1, -0.05) is 18.2 Å². The van der Waals surface area contributed by atoms with Crippen molar-refractivity contribution >= 4 is 5.91 Å². The predicted octanol–water partition coefficient (Wildman–Crippen LogP) is 3.18. The van der Waals surface area contributed by atoms with Gasteiger partial charge in [0.15, 0.2) is 6.10 Å². The van der Waals surface area contributed by atoms with Crippen LogP contribution >= 0.6 is 0 Å². The maximum Gasteiger partial charge on any atom is 0.261 e. The predicted molar refractivity (Wildman–Crippen MR) is 92.5 cm³/mol. The Labute approximate surface area is 142 Å². The molecule has 1 amide bonds. The van der Waals surface area contributed by atoms with E-state index in [1.807, 2.05) is 31.2 Å². The molecule has 24 heavy (non-hydrogen) atoms. The van der Waals surface area contributed by atoms with Crippen molar-refractivity contribution in [2.45, 2.75) is 26.5 Å². The Morgan fingerprint density at radius 3 is 2.42 bits per heavy atom. The molecule has 5 nitrogen and oxygen atoms in total. The van der Waals surface area contributed by atoms with Crippen LogP contribution in [0.5, 0.6) is 17.2 Å². The molecule has 0 heterocycles. The third kappa shape index (κ3) is 4.91. The Balaban J connectivity index is 1.89. The van der Waals surface area contributed by atoms with E-state index in [-0.39, 0.29) is 5.91 Å². The Kier molecular flexibility index (Phi) is 6.49. The highest BCUT2D eigenvalue weighted by Gasteiger charge is 2.15. The van der Waals surface area contributed by atoms with Crippen molar-refractivity contribution in [1.29, 1.82) is 0 Å². The van der Waals surface area contributed by atoms with Crippen LogP contribution in [-0.4, -0.2) is 25.7 Å². The Morgan fingerprint density at radius 2 is 1.75 bits per heavy atom. The summed E-state index contributed by atoms with van der Waals surface area (Å²) in [6.45, 7) is 4.63. The summed E-state index contributed by atoms with van der Waals surface area (Å²) < 4.78 is 16.3. The van der Waals surface area contributed by atoms with Gasteiger partial charge in [-0.25, -0.2) is 0 Å². The minimum absolute atomic E-state index is 0.183. The lowest BCUT2D eigenvalue weighted by Gasteiger charge is -2.16. The van der Waals surface area contributed by atoms with Gasteiger partial charge in [0.05, 0.1) is 13.7 Å². The van der Waals surface area contributed by atoms with Crippen molar-refractivity contribution in [3.63, 3.8) is 0 Å². The zero-order valence-electron chi connectivity index (χ0n) is 14.2. The van der Waals surface area contributed by atoms with Crippen LogP contribution in [0, 0.1) is 0 Å². The fourth-order valence-corrected chi connectivity index (χ4v) is 2.18. The number of amides is 1. The maximum absolute atomic E-state index is 12.2. The van der Waals surface area contributed by atoms with Gasteiger partial charge in [0.1, 0.15) is 17.2 Å². The molecule has 2 rings (SSSR count). The average Bonchev–Trinajstić information content (AvgIpc) is 2.61. The van der Waals surface area contributed by atoms with Crippen LogP contribution < -0.4 is 19.5 Å². The highest BCUT2D eigenvalue weighted by atomic mass is 16.5. The number of carbonyl (C=O) groups excluding carboxylic acids is 1. The first-order chi connectivity index (χ1) is 11.6. The summed E-state index contributed by atoms with van der Waals surface area (Å²) in [6.07, 6.45) is -0.599. The van der Waals surface area contributed by atoms with Crippen LogP contribution in [0.4, 0.5) is 0 Å². The van der Waals surface area contributed by atoms with E-state index >= 15 is 0 Å². The third-order valence-electron chi connectivity index (χ3n) is 3.47. The second kappa shape index (κ2) is 8.82. The molecule has 0 fully saturated rings. The molecule has 0 unspecified atom stereocenters. The standard InChI is InChI=1S/C19H23NO4/c1-4-23-18-8-6-5-7-15(18)13-20-19(21)14(2)24-17-11-9-16(22-3)10-12-17/h5-12,14H,4,13H2,1-3H3,(H,20,21)/t14-/m1/s1. The quantitative estimate of drug-likeness (QED) is 0.808. The number of benzene rings is 2. The van der Waals surface area contributed by atoms with E-state index < -0.39 is 6.10 Å². The number of nitrogens with one attached hydrogen (secondary N) is 1. The number of para-hydroxylation sites is 1. The number of hydrogen-bond acceptors (Lipinski definition) is 4. The van der Waals surface area contributed by atoms with Gasteiger partial charge in [0.2, 0.25) is 0 Å². The Hall–Kier alpha value is -2.69. The van der Waals surface area contributed by atoms with Gasteiger partial charge >= 0.3 is 0 Å². The van der Waals surface area contributed by atoms with Crippen LogP contribution in [-0.2, 0) is 11.3 Å². The van der Waals surface area contributed by atoms with Gasteiger partial charge in [-0.05, 0) is 44.2 Å². The third-order valence-corrected chi connectivity index (χ3v) is 3.47. The van der Waals surface area contributed by atoms with Crippen LogP contribution in [0.25, 0.3) is 0 Å². The van der Waals surface area contributed by atoms with Crippen LogP contribution in [0.2, 0.25) is 0 Å². The molecule has 2 aromatic carbocycles. The van der Waals surface area contributed by atoms with E-state index in [0.717, 1.165) is 17.1 Å². The van der Waals surface area contributed by atoms with Gasteiger partial charge in [0.25, 0.3) is 5.91 Å². The molecule has 0 aliphatic heterocycles. The lowest BCUT2D eigenvalue weighted by molar-refractivity contribution is -0.127. The smallest absolute Gasteiger partial charge is 0.261 e. The fraction of sp³-hybridized carbons (Fsp3) is 0.316. The van der Waals surface area contributed by atoms with E-state index in [1.165, 1.54) is 0 Å². The lowest BCUT2D eigenvalue weighted by atomic mass is 10.2. The van der Waals surface area contributed by atoms with Crippen molar-refractivity contribution in [1.82, 2.24) is 5.32 Å². The number of hydrogen-bond donors (Lipinski definition) is 1. The molecule has 1 N–H and O–H groups in total. The zero-order valence-corrected chi connectivity index (χ0v) is 14.2. The molecule has 0 saturated carbocycles. The van der Waals surface area contributed by atoms with Gasteiger partial charge < -0.3 is 19.5 Å². The first kappa shape index (κ1) is 17.7. The normalized spacial score (nSPS) is 11.5. The van der Waals surface area contributed by atoms with Crippen molar-refractivity contribution in [2.75, 3.05) is 13.7 Å². The van der Waals surface area contributed by atoms with Crippen LogP contribution in [0.3, 0.4) is 0 Å². The fourth-order valence-electron chi connectivity index (χ4n) is 2.18. The Bertz CT molecular complexity index is 655. The number of rotatable bonds is 8. The molecule has 0 aliphatic carbocycles. The topological polar surface area (TPSA) is 56.8 Å². The number of methoxy groups -OCH3 is 1. The summed E-state index contributed by atoms with van der Waals surface area (Å²) in [6, 6.07) is 14.8. The van der Waals surface area contributed by atoms with E-state index in [9.17, 15) is 4.79 Å². The molecule has 5 heteroatoms. The van der Waals surface area contributed by atoms with E-state index in [0.29, 0.717) is 18.9 Å². The molecular weight excluding hydrogens is 306 g/mol. The second-order valence-electron chi connectivity index (χ2n) is 5.19. The second-order valence-corrected chi connectivity index (χ2v) is 5.19. The summed E-state index contributed by atoms with van der Waals surface area (Å²) in [7, 11) is 1.60. The minimum atomic E-state index is -0.599. The van der Waals surface area contributed by atoms with E-state index in [4.69, 9.17) is 14.2 Å². The van der Waals surface area contributed by atoms with Gasteiger partial charge in [-0.2, -0.15) is 0 Å². The molecule has 0 saturated heterocycles. The largest absolute Gasteiger partial charge is 0.497 e. The van der Waals surface area contributed by atoms with Crippen molar-refractivity contribution in [3.05, 3.63) is 54.1 Å². The molecule has 0 spiro atoms. The monoisotopic (exact) mass is 329 g/mol. The molecule has 128 valence electrons. The van der Waals surface area contributed by atoms with Crippen molar-refractivity contribution in [3.8, 4) is 17.2 Å². The molecular formula is C19H23NO4. The average molecular weight is 329 g/mol. The van der Waals surface area contributed by atoms with Gasteiger partial charge in [0, 0.05) is 12.1 Å². The molecule has 0 aromatic heterocycles. The van der Waals surface area contributed by atoms with Gasteiger partial charge in [-0.3, -0.25) is 4.79 Å². The Morgan fingerprint density at radius 1 is 1.08 bits per heavy atom. The number of carbonyl (C=O) groups is 1. The lowest BCUT2D eigenvalue weighted by Crippen LogP contribution is -2.36. The highest BCUT2D eigenvalue weighted by molar-refractivity contribution is 5.80. The van der Waals surface area contributed by atoms with E-state index in [2.05, 4.69) is 5.32 Å². The highest BCUT2D eigenvalue weighted by Crippen LogP contribution is 2.19. The summed E-state index contributed by atoms with van der Waals surface area (Å²) in [4.78, 5) is 12.2. The first-order valence-electron chi connectivity index (χ1n) is 7.93. The molecule has 0 bridgehead atoms. The first-order valence-corrected chi connectivity index (χ1v) is 7.93. The SMILES string of the molecule is CCOc1ccccc1CNC(=O)[C@@H](C)Oc1ccc(OC)cc1.